The second-order valence-corrected chi connectivity index (χ2v) is 17.8. The van der Waals surface area contributed by atoms with E-state index in [0.717, 1.165) is 11.6 Å². The molecule has 59 heavy (non-hydrogen) atoms. The summed E-state index contributed by atoms with van der Waals surface area (Å²) in [5.41, 5.74) is 4.20. The number of sulfone groups is 1. The maximum Gasteiger partial charge on any atom is 0.339 e. The third-order valence-electron chi connectivity index (χ3n) is 10.3. The Morgan fingerprint density at radius 2 is 1.53 bits per heavy atom. The molecule has 1 aromatic heterocycles. The van der Waals surface area contributed by atoms with Crippen LogP contribution in [0.15, 0.2) is 129 Å². The van der Waals surface area contributed by atoms with Crippen LogP contribution in [0.3, 0.4) is 0 Å². The molecule has 0 radical (unpaired) electrons. The van der Waals surface area contributed by atoms with E-state index in [9.17, 15) is 31.7 Å². The number of hydrogen-bond donors (Lipinski definition) is 1. The first-order valence-electron chi connectivity index (χ1n) is 18.3. The number of hydrogen-bond acceptors (Lipinski definition) is 12. The van der Waals surface area contributed by atoms with Crippen molar-refractivity contribution < 1.29 is 35.5 Å². The molecule has 0 saturated carbocycles. The Balaban J connectivity index is 1.22. The summed E-state index contributed by atoms with van der Waals surface area (Å²) in [6.07, 6.45) is 0. The third kappa shape index (κ3) is 6.76. The fraction of sp³-hybridized carbons (Fsp3) is 0.167. The number of nitro benzene ring substituents is 1. The molecular formula is C42H36N6O9S2. The number of aryl methyl sites for hydroxylation is 2. The first kappa shape index (κ1) is 39.0. The number of amides is 1. The number of carbonyl (C=O) groups is 1. The average molecular weight is 833 g/mol. The molecule has 1 N–H and O–H groups in total. The van der Waals surface area contributed by atoms with Crippen LogP contribution >= 0.6 is 0 Å². The van der Waals surface area contributed by atoms with Gasteiger partial charge in [-0.25, -0.2) is 18.1 Å². The van der Waals surface area contributed by atoms with Crippen LogP contribution < -0.4 is 19.1 Å². The number of benzene rings is 5. The zero-order chi connectivity index (χ0) is 42.0. The van der Waals surface area contributed by atoms with Crippen molar-refractivity contribution in [2.24, 2.45) is 4.99 Å². The van der Waals surface area contributed by atoms with Crippen LogP contribution in [-0.2, 0) is 24.7 Å². The second kappa shape index (κ2) is 14.5. The number of amidine groups is 1. The van der Waals surface area contributed by atoms with Gasteiger partial charge in [-0.2, -0.15) is 13.5 Å². The summed E-state index contributed by atoms with van der Waals surface area (Å²) in [6, 6.07) is 27.6. The van der Waals surface area contributed by atoms with Crippen molar-refractivity contribution in [2.75, 3.05) is 17.3 Å². The van der Waals surface area contributed by atoms with Crippen molar-refractivity contribution in [3.05, 3.63) is 147 Å². The van der Waals surface area contributed by atoms with Crippen molar-refractivity contribution in [1.82, 2.24) is 9.78 Å². The topological polar surface area (TPSA) is 192 Å². The summed E-state index contributed by atoms with van der Waals surface area (Å²) in [5.74, 6) is -0.0273. The minimum atomic E-state index is -4.57. The molecule has 0 saturated heterocycles. The van der Waals surface area contributed by atoms with E-state index in [2.05, 4.69) is 5.32 Å². The number of rotatable bonds is 10. The van der Waals surface area contributed by atoms with Crippen LogP contribution in [-0.4, -0.2) is 50.4 Å². The van der Waals surface area contributed by atoms with Gasteiger partial charge in [0.25, 0.3) is 11.6 Å². The van der Waals surface area contributed by atoms with Gasteiger partial charge in [0.1, 0.15) is 4.90 Å². The maximum atomic E-state index is 13.8. The normalized spacial score (nSPS) is 14.8. The average Bonchev–Trinajstić information content (AvgIpc) is 3.55. The molecule has 1 amide bonds. The van der Waals surface area contributed by atoms with Crippen LogP contribution in [0.5, 0.6) is 11.5 Å². The lowest BCUT2D eigenvalue weighted by Gasteiger charge is -2.40. The number of anilines is 2. The SMILES string of the molecule is COc1cc([C@H]2c3c(C)nn(-c4ccc(S(=O)(=O)c5ccc(C(C)C)cc5)cc4)c3N=C3C(=O)Nc4ccccc4N32)ccc1OS(=O)(=O)c1cc([N+](=O)[O-])ccc1C. The maximum absolute atomic E-state index is 13.8. The Hall–Kier alpha value is -6.85. The van der Waals surface area contributed by atoms with Gasteiger partial charge in [-0.3, -0.25) is 14.9 Å². The molecule has 15 nitrogen and oxygen atoms in total. The predicted molar refractivity (Wildman–Crippen MR) is 219 cm³/mol. The molecule has 2 aliphatic heterocycles. The Labute approximate surface area is 339 Å². The van der Waals surface area contributed by atoms with Gasteiger partial charge in [0.05, 0.1) is 50.6 Å². The van der Waals surface area contributed by atoms with Gasteiger partial charge in [0, 0.05) is 17.7 Å². The summed E-state index contributed by atoms with van der Waals surface area (Å²) in [4.78, 5) is 31.1. The van der Waals surface area contributed by atoms with E-state index < -0.39 is 42.5 Å². The quantitative estimate of drug-likeness (QED) is 0.0807. The lowest BCUT2D eigenvalue weighted by Crippen LogP contribution is -2.48. The summed E-state index contributed by atoms with van der Waals surface area (Å²) < 4.78 is 67.0. The van der Waals surface area contributed by atoms with E-state index in [0.29, 0.717) is 39.7 Å². The molecule has 17 heteroatoms. The number of para-hydroxylation sites is 2. The fourth-order valence-electron chi connectivity index (χ4n) is 7.23. The van der Waals surface area contributed by atoms with Crippen molar-refractivity contribution in [3.8, 4) is 17.2 Å². The van der Waals surface area contributed by atoms with Gasteiger partial charge in [0.2, 0.25) is 15.7 Å². The van der Waals surface area contributed by atoms with E-state index in [1.165, 1.54) is 44.4 Å². The van der Waals surface area contributed by atoms with Gasteiger partial charge in [0.15, 0.2) is 17.3 Å². The number of carbonyl (C=O) groups excluding carboxylic acids is 1. The van der Waals surface area contributed by atoms with Gasteiger partial charge >= 0.3 is 10.1 Å². The second-order valence-electron chi connectivity index (χ2n) is 14.3. The predicted octanol–water partition coefficient (Wildman–Crippen LogP) is 7.72. The monoisotopic (exact) mass is 832 g/mol. The number of nitro groups is 1. The van der Waals surface area contributed by atoms with E-state index >= 15 is 0 Å². The highest BCUT2D eigenvalue weighted by Gasteiger charge is 2.43. The summed E-state index contributed by atoms with van der Waals surface area (Å²) in [6.45, 7) is 7.36. The standard InChI is InChI=1S/C42H36N6O9S2/c1-24(2)27-11-17-31(18-12-27)58(52,53)32-19-15-29(16-20-32)47-40-38(26(4)45-47)39(46-34-9-7-6-8-33(34)43-42(49)41(46)44-40)28-13-21-35(36(22-28)56-5)57-59(54,55)37-23-30(48(50)51)14-10-25(37)3/h6-24,39H,1-5H3,(H,43,49)/t39-/m0/s1. The Kier molecular flexibility index (Phi) is 9.59. The van der Waals surface area contributed by atoms with E-state index in [1.54, 1.807) is 65.0 Å². The number of non-ortho nitro benzene ring substituents is 1. The molecule has 0 unspecified atom stereocenters. The number of fused-ring (bicyclic) bond motifs is 4. The van der Waals surface area contributed by atoms with Crippen molar-refractivity contribution >= 4 is 54.6 Å². The zero-order valence-corrected chi connectivity index (χ0v) is 33.9. The molecule has 8 rings (SSSR count). The molecule has 6 aromatic rings. The molecule has 0 aliphatic carbocycles. The minimum absolute atomic E-state index is 0.0233. The van der Waals surface area contributed by atoms with E-state index in [1.807, 2.05) is 38.1 Å². The van der Waals surface area contributed by atoms with Crippen LogP contribution in [0.2, 0.25) is 0 Å². The highest BCUT2D eigenvalue weighted by Crippen LogP contribution is 2.49. The van der Waals surface area contributed by atoms with Gasteiger partial charge < -0.3 is 19.1 Å². The van der Waals surface area contributed by atoms with Crippen molar-refractivity contribution in [1.29, 1.82) is 0 Å². The van der Waals surface area contributed by atoms with Crippen LogP contribution in [0, 0.1) is 24.0 Å². The molecule has 0 spiro atoms. The lowest BCUT2D eigenvalue weighted by molar-refractivity contribution is -0.385. The molecule has 0 fully saturated rings. The first-order chi connectivity index (χ1) is 28.1. The van der Waals surface area contributed by atoms with Crippen LogP contribution in [0.4, 0.5) is 22.9 Å². The highest BCUT2D eigenvalue weighted by molar-refractivity contribution is 7.91. The van der Waals surface area contributed by atoms with Gasteiger partial charge in [-0.15, -0.1) is 0 Å². The number of ether oxygens (including phenoxy) is 1. The first-order valence-corrected chi connectivity index (χ1v) is 21.2. The Morgan fingerprint density at radius 3 is 2.19 bits per heavy atom. The molecule has 0 bridgehead atoms. The fourth-order valence-corrected chi connectivity index (χ4v) is 9.68. The van der Waals surface area contributed by atoms with Gasteiger partial charge in [-0.1, -0.05) is 50.2 Å². The smallest absolute Gasteiger partial charge is 0.339 e. The van der Waals surface area contributed by atoms with Crippen molar-refractivity contribution in [2.45, 2.75) is 54.3 Å². The number of nitrogens with zero attached hydrogens (tertiary/aromatic N) is 5. The number of methoxy groups -OCH3 is 1. The molecule has 300 valence electrons. The zero-order valence-electron chi connectivity index (χ0n) is 32.3. The molecule has 2 aliphatic rings. The molecule has 1 atom stereocenters. The third-order valence-corrected chi connectivity index (χ3v) is 13.4. The van der Waals surface area contributed by atoms with Crippen LogP contribution in [0.25, 0.3) is 5.69 Å². The summed E-state index contributed by atoms with van der Waals surface area (Å²) in [7, 11) is -7.07. The Bertz CT molecular complexity index is 2960. The van der Waals surface area contributed by atoms with Gasteiger partial charge in [-0.05, 0) is 97.1 Å². The largest absolute Gasteiger partial charge is 0.493 e. The minimum Gasteiger partial charge on any atom is -0.493 e. The number of nitrogens with one attached hydrogen (secondary N) is 1. The highest BCUT2D eigenvalue weighted by atomic mass is 32.2. The molecule has 5 aromatic carbocycles. The number of aliphatic imine (C=N–C) groups is 1. The van der Waals surface area contributed by atoms with E-state index in [4.69, 9.17) is 19.0 Å². The molecule has 3 heterocycles. The lowest BCUT2D eigenvalue weighted by atomic mass is 9.93. The van der Waals surface area contributed by atoms with Crippen molar-refractivity contribution in [3.63, 3.8) is 0 Å². The molecular weight excluding hydrogens is 797 g/mol. The summed E-state index contributed by atoms with van der Waals surface area (Å²) >= 11 is 0. The number of aromatic nitrogens is 2. The van der Waals surface area contributed by atoms with E-state index in [-0.39, 0.29) is 43.5 Å². The van der Waals surface area contributed by atoms with Crippen LogP contribution in [0.1, 0.15) is 53.8 Å². The Morgan fingerprint density at radius 1 is 0.847 bits per heavy atom. The summed E-state index contributed by atoms with van der Waals surface area (Å²) in [5, 5.41) is 19.2.